The lowest BCUT2D eigenvalue weighted by atomic mass is 10.2. The molecule has 0 saturated carbocycles. The molecule has 21 heavy (non-hydrogen) atoms. The Morgan fingerprint density at radius 2 is 2.00 bits per heavy atom. The molecule has 0 atom stereocenters. The topological polar surface area (TPSA) is 66.4 Å². The van der Waals surface area contributed by atoms with Gasteiger partial charge in [0, 0.05) is 18.4 Å². The molecule has 0 aliphatic rings. The third-order valence-electron chi connectivity index (χ3n) is 2.91. The number of nitrogens with one attached hydrogen (secondary N) is 1. The van der Waals surface area contributed by atoms with Crippen LogP contribution in [0.4, 0.5) is 10.1 Å². The zero-order valence-corrected chi connectivity index (χ0v) is 13.5. The van der Waals surface area contributed by atoms with E-state index >= 15 is 0 Å². The van der Waals surface area contributed by atoms with Gasteiger partial charge in [-0.3, -0.25) is 0 Å². The van der Waals surface area contributed by atoms with Gasteiger partial charge in [0.25, 0.3) is 0 Å². The van der Waals surface area contributed by atoms with Crippen LogP contribution in [0.2, 0.25) is 0 Å². The van der Waals surface area contributed by atoms with E-state index in [1.54, 1.807) is 18.2 Å². The van der Waals surface area contributed by atoms with Crippen molar-refractivity contribution in [2.75, 3.05) is 11.6 Å². The van der Waals surface area contributed by atoms with Crippen LogP contribution in [0, 0.1) is 5.82 Å². The van der Waals surface area contributed by atoms with Crippen LogP contribution in [-0.2, 0) is 16.4 Å². The van der Waals surface area contributed by atoms with E-state index in [1.807, 2.05) is 0 Å². The van der Waals surface area contributed by atoms with Gasteiger partial charge in [0.05, 0.1) is 15.1 Å². The SMILES string of the molecule is CS(=O)(=O)c1ccc(F)c(NCc2cccc(Br)c2O)c1. The lowest BCUT2D eigenvalue weighted by Gasteiger charge is -2.11. The van der Waals surface area contributed by atoms with Gasteiger partial charge in [-0.2, -0.15) is 0 Å². The number of sulfone groups is 1. The number of phenols is 1. The van der Waals surface area contributed by atoms with Crippen molar-refractivity contribution in [3.63, 3.8) is 0 Å². The molecule has 2 rings (SSSR count). The summed E-state index contributed by atoms with van der Waals surface area (Å²) in [5.74, 6) is -0.499. The molecule has 0 bridgehead atoms. The number of rotatable bonds is 4. The van der Waals surface area contributed by atoms with Crippen LogP contribution in [0.1, 0.15) is 5.56 Å². The van der Waals surface area contributed by atoms with Crippen LogP contribution in [0.3, 0.4) is 0 Å². The van der Waals surface area contributed by atoms with Crippen LogP contribution in [-0.4, -0.2) is 19.8 Å². The van der Waals surface area contributed by atoms with Gasteiger partial charge in [-0.15, -0.1) is 0 Å². The fourth-order valence-corrected chi connectivity index (χ4v) is 2.82. The summed E-state index contributed by atoms with van der Waals surface area (Å²) >= 11 is 3.19. The first kappa shape index (κ1) is 15.8. The van der Waals surface area contributed by atoms with Crippen molar-refractivity contribution in [1.82, 2.24) is 0 Å². The van der Waals surface area contributed by atoms with Crippen molar-refractivity contribution >= 4 is 31.5 Å². The highest BCUT2D eigenvalue weighted by molar-refractivity contribution is 9.10. The van der Waals surface area contributed by atoms with Crippen molar-refractivity contribution < 1.29 is 17.9 Å². The number of hydrogen-bond acceptors (Lipinski definition) is 4. The first-order valence-corrected chi connectivity index (χ1v) is 8.67. The van der Waals surface area contributed by atoms with E-state index in [0.717, 1.165) is 12.3 Å². The molecule has 0 aliphatic heterocycles. The van der Waals surface area contributed by atoms with Crippen LogP contribution in [0.25, 0.3) is 0 Å². The number of phenolic OH excluding ortho intramolecular Hbond substituents is 1. The van der Waals surface area contributed by atoms with Crippen LogP contribution < -0.4 is 5.32 Å². The Hall–Kier alpha value is -1.60. The fourth-order valence-electron chi connectivity index (χ4n) is 1.76. The van der Waals surface area contributed by atoms with E-state index in [-0.39, 0.29) is 22.9 Å². The van der Waals surface area contributed by atoms with Crippen LogP contribution in [0.5, 0.6) is 5.75 Å². The maximum Gasteiger partial charge on any atom is 0.175 e. The number of hydrogen-bond donors (Lipinski definition) is 2. The number of halogens is 2. The molecule has 0 saturated heterocycles. The highest BCUT2D eigenvalue weighted by Gasteiger charge is 2.12. The third kappa shape index (κ3) is 3.74. The monoisotopic (exact) mass is 373 g/mol. The minimum atomic E-state index is -3.40. The number of anilines is 1. The van der Waals surface area contributed by atoms with Crippen molar-refractivity contribution in [2.45, 2.75) is 11.4 Å². The Balaban J connectivity index is 2.26. The fraction of sp³-hybridized carbons (Fsp3) is 0.143. The Kier molecular flexibility index (Phi) is 4.53. The molecule has 2 N–H and O–H groups in total. The lowest BCUT2D eigenvalue weighted by Crippen LogP contribution is -2.04. The van der Waals surface area contributed by atoms with Gasteiger partial charge in [0.1, 0.15) is 11.6 Å². The van der Waals surface area contributed by atoms with Gasteiger partial charge < -0.3 is 10.4 Å². The highest BCUT2D eigenvalue weighted by atomic mass is 79.9. The van der Waals surface area contributed by atoms with Gasteiger partial charge >= 0.3 is 0 Å². The molecule has 4 nitrogen and oxygen atoms in total. The van der Waals surface area contributed by atoms with Gasteiger partial charge in [0.2, 0.25) is 0 Å². The van der Waals surface area contributed by atoms with E-state index in [0.29, 0.717) is 10.0 Å². The van der Waals surface area contributed by atoms with E-state index in [4.69, 9.17) is 0 Å². The molecular formula is C14H13BrFNO3S. The van der Waals surface area contributed by atoms with Crippen molar-refractivity contribution in [2.24, 2.45) is 0 Å². The summed E-state index contributed by atoms with van der Waals surface area (Å²) in [5, 5.41) is 12.6. The molecule has 0 spiro atoms. The summed E-state index contributed by atoms with van der Waals surface area (Å²) in [6.45, 7) is 0.162. The van der Waals surface area contributed by atoms with E-state index in [2.05, 4.69) is 21.2 Å². The molecule has 0 aromatic heterocycles. The largest absolute Gasteiger partial charge is 0.506 e. The highest BCUT2D eigenvalue weighted by Crippen LogP contribution is 2.28. The van der Waals surface area contributed by atoms with E-state index in [1.165, 1.54) is 12.1 Å². The summed E-state index contributed by atoms with van der Waals surface area (Å²) < 4.78 is 37.2. The predicted octanol–water partition coefficient (Wildman–Crippen LogP) is 3.31. The van der Waals surface area contributed by atoms with Gasteiger partial charge in [-0.05, 0) is 40.2 Å². The van der Waals surface area contributed by atoms with Gasteiger partial charge in [-0.1, -0.05) is 12.1 Å². The molecule has 7 heteroatoms. The molecule has 0 amide bonds. The zero-order chi connectivity index (χ0) is 15.6. The van der Waals surface area contributed by atoms with Crippen LogP contribution >= 0.6 is 15.9 Å². The van der Waals surface area contributed by atoms with Crippen molar-refractivity contribution in [3.05, 3.63) is 52.3 Å². The molecule has 0 fully saturated rings. The third-order valence-corrected chi connectivity index (χ3v) is 4.66. The Morgan fingerprint density at radius 3 is 2.67 bits per heavy atom. The molecule has 2 aromatic carbocycles. The van der Waals surface area contributed by atoms with Crippen LogP contribution in [0.15, 0.2) is 45.8 Å². The zero-order valence-electron chi connectivity index (χ0n) is 11.1. The summed E-state index contributed by atoms with van der Waals surface area (Å²) in [6, 6.07) is 8.66. The number of para-hydroxylation sites is 1. The molecule has 0 heterocycles. The summed E-state index contributed by atoms with van der Waals surface area (Å²) in [5.41, 5.74) is 0.630. The molecular weight excluding hydrogens is 361 g/mol. The van der Waals surface area contributed by atoms with Gasteiger partial charge in [-0.25, -0.2) is 12.8 Å². The molecule has 0 radical (unpaired) electrons. The lowest BCUT2D eigenvalue weighted by molar-refractivity contribution is 0.465. The smallest absolute Gasteiger partial charge is 0.175 e. The number of benzene rings is 2. The Bertz CT molecular complexity index is 778. The second kappa shape index (κ2) is 6.03. The maximum atomic E-state index is 13.7. The van der Waals surface area contributed by atoms with E-state index < -0.39 is 15.7 Å². The van der Waals surface area contributed by atoms with Crippen molar-refractivity contribution in [3.8, 4) is 5.75 Å². The first-order valence-electron chi connectivity index (χ1n) is 5.99. The Morgan fingerprint density at radius 1 is 1.29 bits per heavy atom. The molecule has 0 aliphatic carbocycles. The van der Waals surface area contributed by atoms with Gasteiger partial charge in [0.15, 0.2) is 9.84 Å². The summed E-state index contributed by atoms with van der Waals surface area (Å²) in [7, 11) is -3.40. The Labute approximate surface area is 130 Å². The normalized spacial score (nSPS) is 11.4. The average molecular weight is 374 g/mol. The van der Waals surface area contributed by atoms with Crippen molar-refractivity contribution in [1.29, 1.82) is 0 Å². The van der Waals surface area contributed by atoms with E-state index in [9.17, 15) is 17.9 Å². The standard InChI is InChI=1S/C14H13BrFNO3S/c1-21(19,20)10-5-6-12(16)13(7-10)17-8-9-3-2-4-11(15)14(9)18/h2-7,17-18H,8H2,1H3. The summed E-state index contributed by atoms with van der Waals surface area (Å²) in [4.78, 5) is 0.0323. The second-order valence-corrected chi connectivity index (χ2v) is 7.39. The minimum Gasteiger partial charge on any atom is -0.506 e. The maximum absolute atomic E-state index is 13.7. The molecule has 112 valence electrons. The quantitative estimate of drug-likeness (QED) is 0.806. The summed E-state index contributed by atoms with van der Waals surface area (Å²) in [6.07, 6.45) is 1.06. The minimum absolute atomic E-state index is 0.0323. The first-order chi connectivity index (χ1) is 9.79. The molecule has 2 aromatic rings. The number of aromatic hydroxyl groups is 1. The predicted molar refractivity (Wildman–Crippen MR) is 82.6 cm³/mol. The molecule has 0 unspecified atom stereocenters. The second-order valence-electron chi connectivity index (χ2n) is 4.51. The average Bonchev–Trinajstić information content (AvgIpc) is 2.40.